The van der Waals surface area contributed by atoms with Gasteiger partial charge in [-0.25, -0.2) is 4.39 Å². The van der Waals surface area contributed by atoms with Crippen LogP contribution < -0.4 is 11.1 Å². The maximum Gasteiger partial charge on any atom is 0.163 e. The molecule has 1 aromatic heterocycles. The second kappa shape index (κ2) is 5.50. The Kier molecular flexibility index (Phi) is 3.94. The average molecular weight is 290 g/mol. The van der Waals surface area contributed by atoms with E-state index in [9.17, 15) is 4.39 Å². The lowest BCUT2D eigenvalue weighted by Crippen LogP contribution is -2.17. The van der Waals surface area contributed by atoms with Crippen LogP contribution in [0.2, 0.25) is 0 Å². The molecule has 0 aliphatic carbocycles. The Morgan fingerprint density at radius 1 is 1.25 bits per heavy atom. The number of nitrogens with zero attached hydrogens (tertiary/aromatic N) is 2. The zero-order chi connectivity index (χ0) is 14.9. The van der Waals surface area contributed by atoms with Gasteiger partial charge < -0.3 is 11.1 Å². The van der Waals surface area contributed by atoms with E-state index >= 15 is 0 Å². The maximum absolute atomic E-state index is 13.9. The van der Waals surface area contributed by atoms with Crippen molar-refractivity contribution in [1.82, 2.24) is 10.2 Å². The van der Waals surface area contributed by atoms with Gasteiger partial charge in [-0.15, -0.1) is 5.10 Å². The number of hydrogen-bond acceptors (Lipinski definition) is 4. The quantitative estimate of drug-likeness (QED) is 0.851. The van der Waals surface area contributed by atoms with Crippen LogP contribution in [-0.2, 0) is 0 Å². The molecule has 2 rings (SSSR count). The maximum atomic E-state index is 13.9. The Bertz CT molecular complexity index is 665. The first kappa shape index (κ1) is 14.3. The Hall–Kier alpha value is -2.08. The van der Waals surface area contributed by atoms with Gasteiger partial charge in [-0.2, -0.15) is 5.10 Å². The number of anilines is 2. The number of benzene rings is 1. The molecule has 0 saturated carbocycles. The predicted octanol–water partition coefficient (Wildman–Crippen LogP) is 2.92. The first-order valence-corrected chi connectivity index (χ1v) is 6.48. The molecule has 2 aromatic rings. The molecule has 0 unspecified atom stereocenters. The van der Waals surface area contributed by atoms with Gasteiger partial charge in [-0.1, -0.05) is 24.4 Å². The highest BCUT2D eigenvalue weighted by Gasteiger charge is 2.15. The lowest BCUT2D eigenvalue weighted by molar-refractivity contribution is 0.630. The van der Waals surface area contributed by atoms with Gasteiger partial charge in [-0.05, 0) is 38.0 Å². The molecule has 0 radical (unpaired) electrons. The van der Waals surface area contributed by atoms with Crippen molar-refractivity contribution < 1.29 is 4.39 Å². The summed E-state index contributed by atoms with van der Waals surface area (Å²) in [6, 6.07) is 4.83. The van der Waals surface area contributed by atoms with Crippen LogP contribution in [0.1, 0.15) is 22.4 Å². The number of rotatable bonds is 3. The lowest BCUT2D eigenvalue weighted by Gasteiger charge is -2.15. The summed E-state index contributed by atoms with van der Waals surface area (Å²) < 4.78 is 13.9. The van der Waals surface area contributed by atoms with Crippen LogP contribution in [0.25, 0.3) is 0 Å². The van der Waals surface area contributed by atoms with Crippen LogP contribution in [0.15, 0.2) is 18.2 Å². The molecular formula is C14H15FN4S. The van der Waals surface area contributed by atoms with E-state index in [4.69, 9.17) is 18.0 Å². The first-order chi connectivity index (χ1) is 9.41. The third-order valence-electron chi connectivity index (χ3n) is 3.17. The molecule has 104 valence electrons. The number of nitrogens with two attached hydrogens (primary N) is 1. The fourth-order valence-electron chi connectivity index (χ4n) is 1.91. The van der Waals surface area contributed by atoms with Crippen LogP contribution in [0.4, 0.5) is 15.9 Å². The average Bonchev–Trinajstić information content (AvgIpc) is 2.37. The summed E-state index contributed by atoms with van der Waals surface area (Å²) in [5.74, 6) is 0.00715. The Labute approximate surface area is 122 Å². The zero-order valence-corrected chi connectivity index (χ0v) is 12.3. The van der Waals surface area contributed by atoms with Crippen molar-refractivity contribution in [2.45, 2.75) is 20.8 Å². The normalized spacial score (nSPS) is 10.4. The number of thiocarbonyl (C=S) groups is 1. The van der Waals surface area contributed by atoms with Crippen molar-refractivity contribution in [3.05, 3.63) is 46.4 Å². The monoisotopic (exact) mass is 290 g/mol. The van der Waals surface area contributed by atoms with E-state index in [1.165, 1.54) is 6.07 Å². The van der Waals surface area contributed by atoms with Gasteiger partial charge >= 0.3 is 0 Å². The number of aromatic nitrogens is 2. The summed E-state index contributed by atoms with van der Waals surface area (Å²) in [6.45, 7) is 5.49. The number of nitrogens with one attached hydrogen (secondary N) is 1. The van der Waals surface area contributed by atoms with Crippen LogP contribution in [0, 0.1) is 26.6 Å². The van der Waals surface area contributed by atoms with Crippen molar-refractivity contribution in [2.75, 3.05) is 5.32 Å². The number of halogens is 1. The standard InChI is InChI=1S/C14H15FN4S/c1-7-5-4-6-10(15)12(7)17-14-11(13(16)20)8(2)9(3)18-19-14/h4-6H,1-3H3,(H2,16,20)(H,17,19). The molecule has 6 heteroatoms. The van der Waals surface area contributed by atoms with Gasteiger partial charge in [0.25, 0.3) is 0 Å². The molecule has 0 bridgehead atoms. The van der Waals surface area contributed by atoms with Crippen LogP contribution in [0.5, 0.6) is 0 Å². The summed E-state index contributed by atoms with van der Waals surface area (Å²) in [5.41, 5.74) is 9.03. The molecule has 4 nitrogen and oxygen atoms in total. The fourth-order valence-corrected chi connectivity index (χ4v) is 2.16. The topological polar surface area (TPSA) is 63.8 Å². The highest BCUT2D eigenvalue weighted by atomic mass is 32.1. The fraction of sp³-hybridized carbons (Fsp3) is 0.214. The second-order valence-electron chi connectivity index (χ2n) is 4.56. The van der Waals surface area contributed by atoms with Gasteiger partial charge in [0.05, 0.1) is 16.9 Å². The van der Waals surface area contributed by atoms with Crippen molar-refractivity contribution >= 4 is 28.7 Å². The molecule has 0 amide bonds. The predicted molar refractivity (Wildman–Crippen MR) is 81.8 cm³/mol. The van der Waals surface area contributed by atoms with Crippen molar-refractivity contribution in [2.24, 2.45) is 5.73 Å². The minimum atomic E-state index is -0.362. The molecular weight excluding hydrogens is 275 g/mol. The van der Waals surface area contributed by atoms with Crippen LogP contribution in [-0.4, -0.2) is 15.2 Å². The summed E-state index contributed by atoms with van der Waals surface area (Å²) in [7, 11) is 0. The van der Waals surface area contributed by atoms with E-state index in [-0.39, 0.29) is 10.8 Å². The molecule has 1 aromatic carbocycles. The van der Waals surface area contributed by atoms with Crippen molar-refractivity contribution in [1.29, 1.82) is 0 Å². The number of para-hydroxylation sites is 1. The summed E-state index contributed by atoms with van der Waals surface area (Å²) >= 11 is 5.05. The molecule has 0 aliphatic rings. The van der Waals surface area contributed by atoms with E-state index in [0.29, 0.717) is 17.1 Å². The largest absolute Gasteiger partial charge is 0.389 e. The molecule has 0 spiro atoms. The number of aryl methyl sites for hydroxylation is 2. The molecule has 3 N–H and O–H groups in total. The minimum absolute atomic E-state index is 0.206. The Morgan fingerprint density at radius 3 is 2.55 bits per heavy atom. The van der Waals surface area contributed by atoms with E-state index in [0.717, 1.165) is 16.8 Å². The van der Waals surface area contributed by atoms with E-state index in [1.807, 2.05) is 13.8 Å². The van der Waals surface area contributed by atoms with Gasteiger partial charge in [-0.3, -0.25) is 0 Å². The lowest BCUT2D eigenvalue weighted by atomic mass is 10.1. The van der Waals surface area contributed by atoms with Crippen molar-refractivity contribution in [3.63, 3.8) is 0 Å². The second-order valence-corrected chi connectivity index (χ2v) is 4.99. The molecule has 1 heterocycles. The molecule has 20 heavy (non-hydrogen) atoms. The van der Waals surface area contributed by atoms with E-state index in [1.54, 1.807) is 19.1 Å². The Morgan fingerprint density at radius 2 is 1.95 bits per heavy atom. The van der Waals surface area contributed by atoms with Crippen LogP contribution in [0.3, 0.4) is 0 Å². The van der Waals surface area contributed by atoms with E-state index < -0.39 is 0 Å². The molecule has 0 aliphatic heterocycles. The molecule has 0 saturated heterocycles. The Balaban J connectivity index is 2.55. The third kappa shape index (κ3) is 2.60. The smallest absolute Gasteiger partial charge is 0.163 e. The molecule has 0 atom stereocenters. The van der Waals surface area contributed by atoms with E-state index in [2.05, 4.69) is 15.5 Å². The van der Waals surface area contributed by atoms with Crippen LogP contribution >= 0.6 is 12.2 Å². The first-order valence-electron chi connectivity index (χ1n) is 6.07. The molecule has 0 fully saturated rings. The summed E-state index contributed by atoms with van der Waals surface area (Å²) in [4.78, 5) is 0.206. The zero-order valence-electron chi connectivity index (χ0n) is 11.5. The highest BCUT2D eigenvalue weighted by Crippen LogP contribution is 2.26. The summed E-state index contributed by atoms with van der Waals surface area (Å²) in [6.07, 6.45) is 0. The third-order valence-corrected chi connectivity index (χ3v) is 3.37. The van der Waals surface area contributed by atoms with Gasteiger partial charge in [0, 0.05) is 0 Å². The summed E-state index contributed by atoms with van der Waals surface area (Å²) in [5, 5.41) is 11.0. The SMILES string of the molecule is Cc1cccc(F)c1Nc1nnc(C)c(C)c1C(N)=S. The minimum Gasteiger partial charge on any atom is -0.389 e. The highest BCUT2D eigenvalue weighted by molar-refractivity contribution is 7.80. The van der Waals surface area contributed by atoms with Gasteiger partial charge in [0.15, 0.2) is 5.82 Å². The van der Waals surface area contributed by atoms with Gasteiger partial charge in [0.1, 0.15) is 10.8 Å². The number of hydrogen-bond donors (Lipinski definition) is 2. The van der Waals surface area contributed by atoms with Gasteiger partial charge in [0.2, 0.25) is 0 Å². The van der Waals surface area contributed by atoms with Crippen molar-refractivity contribution in [3.8, 4) is 0 Å².